The molecule has 1 aromatic carbocycles. The van der Waals surface area contributed by atoms with E-state index in [0.717, 1.165) is 5.39 Å². The van der Waals surface area contributed by atoms with Crippen molar-refractivity contribution in [1.29, 1.82) is 0 Å². The Kier molecular flexibility index (Phi) is 3.36. The van der Waals surface area contributed by atoms with Crippen LogP contribution in [-0.4, -0.2) is 13.7 Å². The fraction of sp³-hybridized carbons (Fsp3) is 0.250. The zero-order chi connectivity index (χ0) is 12.4. The third-order valence-corrected chi connectivity index (χ3v) is 2.79. The first-order chi connectivity index (χ1) is 8.15. The van der Waals surface area contributed by atoms with Crippen LogP contribution in [0.4, 0.5) is 0 Å². The lowest BCUT2D eigenvalue weighted by atomic mass is 10.1. The molecule has 0 aliphatic heterocycles. The molecule has 0 bridgehead atoms. The molecule has 0 aliphatic carbocycles. The number of ether oxygens (including phenoxy) is 1. The van der Waals surface area contributed by atoms with Crippen molar-refractivity contribution in [1.82, 2.24) is 0 Å². The Labute approximate surface area is 103 Å². The summed E-state index contributed by atoms with van der Waals surface area (Å²) in [5, 5.41) is 1.24. The van der Waals surface area contributed by atoms with Crippen molar-refractivity contribution in [3.8, 4) is 5.75 Å². The summed E-state index contributed by atoms with van der Waals surface area (Å²) in [5.41, 5.74) is 6.07. The first-order valence-electron chi connectivity index (χ1n) is 5.16. The van der Waals surface area contributed by atoms with Gasteiger partial charge in [-0.1, -0.05) is 11.6 Å². The van der Waals surface area contributed by atoms with Gasteiger partial charge in [0.05, 0.1) is 12.1 Å². The molecule has 2 aromatic rings. The second kappa shape index (κ2) is 4.77. The number of halogens is 1. The van der Waals surface area contributed by atoms with E-state index in [1.807, 2.05) is 0 Å². The van der Waals surface area contributed by atoms with E-state index in [1.165, 1.54) is 7.11 Å². The Bertz CT molecular complexity index is 606. The Morgan fingerprint density at radius 3 is 2.82 bits per heavy atom. The number of hydrogen-bond acceptors (Lipinski definition) is 4. The van der Waals surface area contributed by atoms with E-state index < -0.39 is 0 Å². The molecule has 0 spiro atoms. The minimum atomic E-state index is -0.368. The second-order valence-corrected chi connectivity index (χ2v) is 4.03. The molecule has 4 nitrogen and oxygen atoms in total. The third kappa shape index (κ3) is 2.28. The quantitative estimate of drug-likeness (QED) is 0.850. The van der Waals surface area contributed by atoms with Crippen LogP contribution in [0, 0.1) is 0 Å². The molecule has 1 heterocycles. The first-order valence-corrected chi connectivity index (χ1v) is 5.54. The summed E-state index contributed by atoms with van der Waals surface area (Å²) in [6.45, 7) is 0.403. The molecule has 0 fully saturated rings. The van der Waals surface area contributed by atoms with Crippen molar-refractivity contribution in [2.75, 3.05) is 13.7 Å². The van der Waals surface area contributed by atoms with Crippen molar-refractivity contribution in [3.63, 3.8) is 0 Å². The zero-order valence-corrected chi connectivity index (χ0v) is 10.1. The van der Waals surface area contributed by atoms with Crippen molar-refractivity contribution >= 4 is 22.6 Å². The van der Waals surface area contributed by atoms with Crippen LogP contribution in [0.2, 0.25) is 5.02 Å². The molecule has 0 saturated carbocycles. The van der Waals surface area contributed by atoms with Crippen LogP contribution in [0.25, 0.3) is 11.0 Å². The molecule has 0 unspecified atom stereocenters. The summed E-state index contributed by atoms with van der Waals surface area (Å²) in [4.78, 5) is 11.6. The van der Waals surface area contributed by atoms with Crippen LogP contribution in [0.5, 0.6) is 5.75 Å². The van der Waals surface area contributed by atoms with Crippen molar-refractivity contribution in [2.45, 2.75) is 6.42 Å². The summed E-state index contributed by atoms with van der Waals surface area (Å²) < 4.78 is 10.2. The minimum Gasteiger partial charge on any atom is -0.495 e. The highest BCUT2D eigenvalue weighted by Gasteiger charge is 2.08. The topological polar surface area (TPSA) is 65.5 Å². The van der Waals surface area contributed by atoms with Crippen molar-refractivity contribution < 1.29 is 9.15 Å². The van der Waals surface area contributed by atoms with Gasteiger partial charge in [0.2, 0.25) is 0 Å². The van der Waals surface area contributed by atoms with Gasteiger partial charge in [0.1, 0.15) is 11.3 Å². The molecule has 5 heteroatoms. The van der Waals surface area contributed by atoms with Gasteiger partial charge in [0.25, 0.3) is 0 Å². The molecular weight excluding hydrogens is 242 g/mol. The summed E-state index contributed by atoms with van der Waals surface area (Å²) >= 11 is 6.00. The van der Waals surface area contributed by atoms with Crippen LogP contribution in [0.15, 0.2) is 27.4 Å². The fourth-order valence-electron chi connectivity index (χ4n) is 1.65. The van der Waals surface area contributed by atoms with E-state index in [2.05, 4.69) is 0 Å². The maximum Gasteiger partial charge on any atom is 0.339 e. The highest BCUT2D eigenvalue weighted by atomic mass is 35.5. The largest absolute Gasteiger partial charge is 0.495 e. The van der Waals surface area contributed by atoms with Gasteiger partial charge in [-0.05, 0) is 25.1 Å². The highest BCUT2D eigenvalue weighted by Crippen LogP contribution is 2.29. The first kappa shape index (κ1) is 12.0. The standard InChI is InChI=1S/C12H12ClNO3/c1-16-11-6-10-8(5-9(11)13)4-7(2-3-14)12(15)17-10/h4-6H,2-3,14H2,1H3. The molecule has 0 radical (unpaired) electrons. The predicted molar refractivity (Wildman–Crippen MR) is 66.8 cm³/mol. The number of fused-ring (bicyclic) bond motifs is 1. The van der Waals surface area contributed by atoms with Crippen LogP contribution in [-0.2, 0) is 6.42 Å². The monoisotopic (exact) mass is 253 g/mol. The van der Waals surface area contributed by atoms with E-state index >= 15 is 0 Å². The molecule has 2 N–H and O–H groups in total. The van der Waals surface area contributed by atoms with Crippen LogP contribution in [0.3, 0.4) is 0 Å². The van der Waals surface area contributed by atoms with Gasteiger partial charge >= 0.3 is 5.63 Å². The van der Waals surface area contributed by atoms with Crippen LogP contribution < -0.4 is 16.1 Å². The summed E-state index contributed by atoms with van der Waals surface area (Å²) in [6.07, 6.45) is 0.488. The molecule has 0 aliphatic rings. The molecule has 0 amide bonds. The summed E-state index contributed by atoms with van der Waals surface area (Å²) in [6, 6.07) is 5.06. The molecule has 90 valence electrons. The third-order valence-electron chi connectivity index (χ3n) is 2.49. The van der Waals surface area contributed by atoms with E-state index in [1.54, 1.807) is 18.2 Å². The normalized spacial score (nSPS) is 10.8. The number of rotatable bonds is 3. The second-order valence-electron chi connectivity index (χ2n) is 3.62. The maximum absolute atomic E-state index is 11.6. The Balaban J connectivity index is 2.66. The average molecular weight is 254 g/mol. The number of nitrogens with two attached hydrogens (primary N) is 1. The van der Waals surface area contributed by atoms with Crippen LogP contribution in [0.1, 0.15) is 5.56 Å². The summed E-state index contributed by atoms with van der Waals surface area (Å²) in [5.74, 6) is 0.480. The Hall–Kier alpha value is -1.52. The van der Waals surface area contributed by atoms with Gasteiger partial charge in [-0.3, -0.25) is 0 Å². The molecule has 0 saturated heterocycles. The van der Waals surface area contributed by atoms with Gasteiger partial charge in [-0.2, -0.15) is 0 Å². The highest BCUT2D eigenvalue weighted by molar-refractivity contribution is 6.32. The fourth-order valence-corrected chi connectivity index (χ4v) is 1.90. The molecule has 0 atom stereocenters. The number of benzene rings is 1. The predicted octanol–water partition coefficient (Wildman–Crippen LogP) is 1.96. The summed E-state index contributed by atoms with van der Waals surface area (Å²) in [7, 11) is 1.51. The maximum atomic E-state index is 11.6. The van der Waals surface area contributed by atoms with Gasteiger partial charge < -0.3 is 14.9 Å². The molecule has 2 rings (SSSR count). The van der Waals surface area contributed by atoms with Crippen LogP contribution >= 0.6 is 11.6 Å². The van der Waals surface area contributed by atoms with Gasteiger partial charge in [0.15, 0.2) is 0 Å². The molecular formula is C12H12ClNO3. The van der Waals surface area contributed by atoms with Gasteiger partial charge in [0, 0.05) is 17.0 Å². The smallest absolute Gasteiger partial charge is 0.339 e. The lowest BCUT2D eigenvalue weighted by Gasteiger charge is -2.05. The van der Waals surface area contributed by atoms with E-state index in [0.29, 0.717) is 34.9 Å². The van der Waals surface area contributed by atoms with Crippen molar-refractivity contribution in [3.05, 3.63) is 39.2 Å². The minimum absolute atomic E-state index is 0.368. The lowest BCUT2D eigenvalue weighted by molar-refractivity contribution is 0.414. The Morgan fingerprint density at radius 2 is 2.18 bits per heavy atom. The van der Waals surface area contributed by atoms with E-state index in [4.69, 9.17) is 26.5 Å². The van der Waals surface area contributed by atoms with Gasteiger partial charge in [-0.25, -0.2) is 4.79 Å². The van der Waals surface area contributed by atoms with E-state index in [9.17, 15) is 4.79 Å². The Morgan fingerprint density at radius 1 is 1.41 bits per heavy atom. The molecule has 17 heavy (non-hydrogen) atoms. The number of methoxy groups -OCH3 is 1. The average Bonchev–Trinajstić information content (AvgIpc) is 2.30. The van der Waals surface area contributed by atoms with Crippen molar-refractivity contribution in [2.24, 2.45) is 5.73 Å². The lowest BCUT2D eigenvalue weighted by Crippen LogP contribution is -2.12. The molecule has 1 aromatic heterocycles. The SMILES string of the molecule is COc1cc2oc(=O)c(CCN)cc2cc1Cl. The van der Waals surface area contributed by atoms with E-state index in [-0.39, 0.29) is 5.63 Å². The zero-order valence-electron chi connectivity index (χ0n) is 9.33. The van der Waals surface area contributed by atoms with Gasteiger partial charge in [-0.15, -0.1) is 0 Å². The number of hydrogen-bond donors (Lipinski definition) is 1.